The Morgan fingerprint density at radius 3 is 2.66 bits per heavy atom. The van der Waals surface area contributed by atoms with Crippen molar-refractivity contribution in [3.8, 4) is 0 Å². The van der Waals surface area contributed by atoms with E-state index in [1.165, 1.54) is 13.0 Å². The summed E-state index contributed by atoms with van der Waals surface area (Å²) in [5.74, 6) is -1.14. The van der Waals surface area contributed by atoms with E-state index in [4.69, 9.17) is 4.74 Å². The molecule has 29 heavy (non-hydrogen) atoms. The minimum Gasteiger partial charge on any atom is -0.451 e. The normalized spacial score (nSPS) is 16.6. The SMILES string of the molecule is Cc1ccc(C)c(NC(=O)C(C)OC(=O)CN=C2NS(=O)(=O)c3ccccc32)c1. The number of nitrogens with zero attached hydrogens (tertiary/aromatic N) is 1. The number of esters is 1. The smallest absolute Gasteiger partial charge is 0.328 e. The Bertz CT molecular complexity index is 1110. The molecule has 0 aromatic heterocycles. The average Bonchev–Trinajstić information content (AvgIpc) is 2.93. The number of rotatable bonds is 5. The van der Waals surface area contributed by atoms with E-state index >= 15 is 0 Å². The Labute approximate surface area is 169 Å². The van der Waals surface area contributed by atoms with Gasteiger partial charge in [0.05, 0.1) is 4.90 Å². The molecule has 0 bridgehead atoms. The fourth-order valence-electron chi connectivity index (χ4n) is 2.79. The third-order valence-electron chi connectivity index (χ3n) is 4.36. The molecule has 1 aliphatic heterocycles. The molecule has 0 saturated carbocycles. The first-order valence-corrected chi connectivity index (χ1v) is 10.4. The van der Waals surface area contributed by atoms with Gasteiger partial charge in [-0.25, -0.2) is 8.42 Å². The van der Waals surface area contributed by atoms with E-state index in [1.54, 1.807) is 18.2 Å². The van der Waals surface area contributed by atoms with Crippen molar-refractivity contribution in [1.82, 2.24) is 4.72 Å². The van der Waals surface area contributed by atoms with Gasteiger partial charge in [0.1, 0.15) is 12.4 Å². The van der Waals surface area contributed by atoms with Gasteiger partial charge in [-0.3, -0.25) is 19.3 Å². The van der Waals surface area contributed by atoms with Gasteiger partial charge < -0.3 is 10.1 Å². The summed E-state index contributed by atoms with van der Waals surface area (Å²) in [6.07, 6.45) is -1.03. The molecule has 3 rings (SSSR count). The van der Waals surface area contributed by atoms with E-state index in [1.807, 2.05) is 32.0 Å². The van der Waals surface area contributed by atoms with Crippen LogP contribution in [0, 0.1) is 13.8 Å². The number of benzene rings is 2. The number of hydrogen-bond acceptors (Lipinski definition) is 6. The zero-order valence-corrected chi connectivity index (χ0v) is 17.0. The molecule has 1 aliphatic rings. The molecular formula is C20H21N3O5S. The quantitative estimate of drug-likeness (QED) is 0.724. The van der Waals surface area contributed by atoms with Crippen molar-refractivity contribution >= 4 is 33.4 Å². The molecule has 2 aromatic rings. The number of anilines is 1. The van der Waals surface area contributed by atoms with E-state index < -0.39 is 34.5 Å². The first-order chi connectivity index (χ1) is 13.7. The van der Waals surface area contributed by atoms with Crippen LogP contribution in [0.25, 0.3) is 0 Å². The van der Waals surface area contributed by atoms with Crippen LogP contribution in [-0.4, -0.2) is 38.8 Å². The molecule has 1 atom stereocenters. The molecule has 2 N–H and O–H groups in total. The first kappa shape index (κ1) is 20.5. The van der Waals surface area contributed by atoms with Gasteiger partial charge >= 0.3 is 5.97 Å². The molecule has 0 saturated heterocycles. The van der Waals surface area contributed by atoms with Crippen LogP contribution in [0.5, 0.6) is 0 Å². The Hall–Kier alpha value is -3.20. The van der Waals surface area contributed by atoms with E-state index in [-0.39, 0.29) is 10.7 Å². The summed E-state index contributed by atoms with van der Waals surface area (Å²) >= 11 is 0. The number of hydrogen-bond donors (Lipinski definition) is 2. The summed E-state index contributed by atoms with van der Waals surface area (Å²) in [5.41, 5.74) is 2.92. The molecule has 1 amide bonds. The number of amides is 1. The van der Waals surface area contributed by atoms with Crippen LogP contribution in [0.3, 0.4) is 0 Å². The average molecular weight is 415 g/mol. The van der Waals surface area contributed by atoms with E-state index in [9.17, 15) is 18.0 Å². The highest BCUT2D eigenvalue weighted by Gasteiger charge is 2.30. The van der Waals surface area contributed by atoms with Crippen molar-refractivity contribution in [2.24, 2.45) is 4.99 Å². The number of aliphatic imine (C=N–C) groups is 1. The molecule has 0 spiro atoms. The third kappa shape index (κ3) is 4.62. The van der Waals surface area contributed by atoms with Crippen LogP contribution in [0.2, 0.25) is 0 Å². The predicted octanol–water partition coefficient (Wildman–Crippen LogP) is 1.91. The van der Waals surface area contributed by atoms with Crippen molar-refractivity contribution in [3.05, 3.63) is 59.2 Å². The van der Waals surface area contributed by atoms with E-state index in [0.29, 0.717) is 11.3 Å². The van der Waals surface area contributed by atoms with Gasteiger partial charge in [-0.1, -0.05) is 24.3 Å². The van der Waals surface area contributed by atoms with Gasteiger partial charge in [-0.2, -0.15) is 0 Å². The van der Waals surface area contributed by atoms with Gasteiger partial charge in [0.2, 0.25) is 0 Å². The van der Waals surface area contributed by atoms with Crippen LogP contribution in [0.4, 0.5) is 5.69 Å². The van der Waals surface area contributed by atoms with Gasteiger partial charge in [-0.05, 0) is 50.1 Å². The second-order valence-electron chi connectivity index (χ2n) is 6.71. The van der Waals surface area contributed by atoms with Gasteiger partial charge in [0.15, 0.2) is 6.10 Å². The van der Waals surface area contributed by atoms with Crippen molar-refractivity contribution in [3.63, 3.8) is 0 Å². The summed E-state index contributed by atoms with van der Waals surface area (Å²) < 4.78 is 31.5. The molecule has 1 heterocycles. The second-order valence-corrected chi connectivity index (χ2v) is 8.36. The highest BCUT2D eigenvalue weighted by molar-refractivity contribution is 7.90. The van der Waals surface area contributed by atoms with Crippen molar-refractivity contribution in [2.75, 3.05) is 11.9 Å². The zero-order valence-electron chi connectivity index (χ0n) is 16.2. The summed E-state index contributed by atoms with van der Waals surface area (Å²) in [6.45, 7) is 4.81. The van der Waals surface area contributed by atoms with Crippen LogP contribution in [-0.2, 0) is 24.3 Å². The molecule has 8 nitrogen and oxygen atoms in total. The maximum atomic E-state index is 12.3. The summed E-state index contributed by atoms with van der Waals surface area (Å²) in [6, 6.07) is 12.0. The maximum absolute atomic E-state index is 12.3. The highest BCUT2D eigenvalue weighted by atomic mass is 32.2. The lowest BCUT2D eigenvalue weighted by Gasteiger charge is -2.14. The summed E-state index contributed by atoms with van der Waals surface area (Å²) in [4.78, 5) is 28.5. The Kier molecular flexibility index (Phi) is 5.69. The number of fused-ring (bicyclic) bond motifs is 1. The molecule has 9 heteroatoms. The van der Waals surface area contributed by atoms with Crippen LogP contribution in [0.15, 0.2) is 52.4 Å². The Morgan fingerprint density at radius 1 is 1.17 bits per heavy atom. The fourth-order valence-corrected chi connectivity index (χ4v) is 4.04. The van der Waals surface area contributed by atoms with Crippen molar-refractivity contribution in [1.29, 1.82) is 0 Å². The maximum Gasteiger partial charge on any atom is 0.328 e. The highest BCUT2D eigenvalue weighted by Crippen LogP contribution is 2.22. The number of carbonyl (C=O) groups excluding carboxylic acids is 2. The minimum atomic E-state index is -3.68. The molecular weight excluding hydrogens is 394 g/mol. The number of sulfonamides is 1. The lowest BCUT2D eigenvalue weighted by atomic mass is 10.1. The van der Waals surface area contributed by atoms with Gasteiger partial charge in [0.25, 0.3) is 15.9 Å². The van der Waals surface area contributed by atoms with Crippen LogP contribution >= 0.6 is 0 Å². The third-order valence-corrected chi connectivity index (χ3v) is 5.75. The van der Waals surface area contributed by atoms with E-state index in [2.05, 4.69) is 15.0 Å². The monoisotopic (exact) mass is 415 g/mol. The Morgan fingerprint density at radius 2 is 1.90 bits per heavy atom. The zero-order chi connectivity index (χ0) is 21.2. The number of aryl methyl sites for hydroxylation is 2. The van der Waals surface area contributed by atoms with Crippen LogP contribution < -0.4 is 10.0 Å². The molecule has 152 valence electrons. The fraction of sp³-hybridized carbons (Fsp3) is 0.250. The topological polar surface area (TPSA) is 114 Å². The molecule has 0 fully saturated rings. The second kappa shape index (κ2) is 8.04. The number of carbonyl (C=O) groups is 2. The van der Waals surface area contributed by atoms with Gasteiger partial charge in [-0.15, -0.1) is 0 Å². The predicted molar refractivity (Wildman–Crippen MR) is 108 cm³/mol. The number of amidine groups is 1. The molecule has 0 radical (unpaired) electrons. The van der Waals surface area contributed by atoms with Gasteiger partial charge in [0, 0.05) is 11.3 Å². The number of nitrogens with one attached hydrogen (secondary N) is 2. The number of ether oxygens (including phenoxy) is 1. The van der Waals surface area contributed by atoms with Crippen LogP contribution in [0.1, 0.15) is 23.6 Å². The summed E-state index contributed by atoms with van der Waals surface area (Å²) in [5, 5.41) is 2.73. The lowest BCUT2D eigenvalue weighted by Crippen LogP contribution is -2.31. The molecule has 0 aliphatic carbocycles. The molecule has 1 unspecified atom stereocenters. The molecule has 2 aromatic carbocycles. The standard InChI is InChI=1S/C20H21N3O5S/c1-12-8-9-13(2)16(10-12)22-20(25)14(3)28-18(24)11-21-19-15-6-4-5-7-17(15)29(26,27)23-19/h4-10,14H,11H2,1-3H3,(H,21,23)(H,22,25). The largest absolute Gasteiger partial charge is 0.451 e. The first-order valence-electron chi connectivity index (χ1n) is 8.91. The van der Waals surface area contributed by atoms with Crippen molar-refractivity contribution < 1.29 is 22.7 Å². The summed E-state index contributed by atoms with van der Waals surface area (Å²) in [7, 11) is -3.68. The van der Waals surface area contributed by atoms with E-state index in [0.717, 1.165) is 11.1 Å². The van der Waals surface area contributed by atoms with Crippen molar-refractivity contribution in [2.45, 2.75) is 31.8 Å². The minimum absolute atomic E-state index is 0.0741. The Balaban J connectivity index is 1.62. The lowest BCUT2D eigenvalue weighted by molar-refractivity contribution is -0.151.